The molecule has 3 nitrogen and oxygen atoms in total. The predicted octanol–water partition coefficient (Wildman–Crippen LogP) is 2.95. The number of nitrogen functional groups attached to an aromatic ring is 1. The summed E-state index contributed by atoms with van der Waals surface area (Å²) in [5, 5.41) is 0.833. The first-order chi connectivity index (χ1) is 8.77. The van der Waals surface area contributed by atoms with E-state index in [1.54, 1.807) is 6.20 Å². The van der Waals surface area contributed by atoms with E-state index in [-0.39, 0.29) is 5.82 Å². The summed E-state index contributed by atoms with van der Waals surface area (Å²) >= 11 is 0. The van der Waals surface area contributed by atoms with Crippen molar-refractivity contribution in [2.24, 2.45) is 0 Å². The summed E-state index contributed by atoms with van der Waals surface area (Å²) in [6.07, 6.45) is 5.13. The van der Waals surface area contributed by atoms with Crippen LogP contribution in [0.3, 0.4) is 0 Å². The van der Waals surface area contributed by atoms with Crippen molar-refractivity contribution in [3.05, 3.63) is 30.2 Å². The van der Waals surface area contributed by atoms with E-state index in [2.05, 4.69) is 9.88 Å². The molecule has 1 aliphatic rings. The highest BCUT2D eigenvalue weighted by atomic mass is 19.1. The standard InChI is InChI=1S/C14H16FN3/c15-11-9-12(16)10-5-4-6-17-13(10)14(11)18-7-2-1-3-8-18/h4-6,9H,1-3,7-8,16H2. The largest absolute Gasteiger partial charge is 0.398 e. The molecule has 3 rings (SSSR count). The van der Waals surface area contributed by atoms with Crippen LogP contribution in [0.15, 0.2) is 24.4 Å². The van der Waals surface area contributed by atoms with Gasteiger partial charge in [0.1, 0.15) is 0 Å². The Hall–Kier alpha value is -1.84. The average molecular weight is 245 g/mol. The Kier molecular flexibility index (Phi) is 2.78. The number of nitrogens with two attached hydrogens (primary N) is 1. The maximum Gasteiger partial charge on any atom is 0.150 e. The van der Waals surface area contributed by atoms with Crippen LogP contribution in [-0.4, -0.2) is 18.1 Å². The Morgan fingerprint density at radius 2 is 2.00 bits per heavy atom. The number of pyridine rings is 1. The van der Waals surface area contributed by atoms with Gasteiger partial charge in [0.25, 0.3) is 0 Å². The summed E-state index contributed by atoms with van der Waals surface area (Å²) in [5.41, 5.74) is 7.60. The highest BCUT2D eigenvalue weighted by Gasteiger charge is 2.19. The fourth-order valence-corrected chi connectivity index (χ4v) is 2.64. The van der Waals surface area contributed by atoms with E-state index in [4.69, 9.17) is 5.73 Å². The second-order valence-electron chi connectivity index (χ2n) is 4.74. The number of nitrogens with zero attached hydrogens (tertiary/aromatic N) is 2. The molecule has 4 heteroatoms. The third-order valence-electron chi connectivity index (χ3n) is 3.52. The number of hydrogen-bond acceptors (Lipinski definition) is 3. The number of piperidine rings is 1. The van der Waals surface area contributed by atoms with Crippen LogP contribution < -0.4 is 10.6 Å². The first kappa shape index (κ1) is 11.3. The van der Waals surface area contributed by atoms with Crippen molar-refractivity contribution in [2.45, 2.75) is 19.3 Å². The average Bonchev–Trinajstić information content (AvgIpc) is 2.40. The first-order valence-electron chi connectivity index (χ1n) is 6.35. The van der Waals surface area contributed by atoms with Gasteiger partial charge >= 0.3 is 0 Å². The summed E-state index contributed by atoms with van der Waals surface area (Å²) in [6, 6.07) is 5.13. The van der Waals surface area contributed by atoms with Crippen LogP contribution in [0.1, 0.15) is 19.3 Å². The van der Waals surface area contributed by atoms with Gasteiger partial charge in [-0.15, -0.1) is 0 Å². The van der Waals surface area contributed by atoms with Crippen molar-refractivity contribution in [3.8, 4) is 0 Å². The molecule has 94 valence electrons. The van der Waals surface area contributed by atoms with Gasteiger partial charge in [-0.25, -0.2) is 4.39 Å². The topological polar surface area (TPSA) is 42.1 Å². The third kappa shape index (κ3) is 1.78. The molecule has 0 amide bonds. The van der Waals surface area contributed by atoms with Crippen molar-refractivity contribution in [1.82, 2.24) is 4.98 Å². The smallest absolute Gasteiger partial charge is 0.150 e. The van der Waals surface area contributed by atoms with Gasteiger partial charge in [0.15, 0.2) is 5.82 Å². The normalized spacial score (nSPS) is 16.2. The second-order valence-corrected chi connectivity index (χ2v) is 4.74. The van der Waals surface area contributed by atoms with Crippen LogP contribution in [0.2, 0.25) is 0 Å². The monoisotopic (exact) mass is 245 g/mol. The maximum atomic E-state index is 14.2. The molecule has 18 heavy (non-hydrogen) atoms. The molecule has 0 radical (unpaired) electrons. The van der Waals surface area contributed by atoms with Gasteiger partial charge in [-0.1, -0.05) is 0 Å². The van der Waals surface area contributed by atoms with E-state index in [0.717, 1.165) is 31.3 Å². The van der Waals surface area contributed by atoms with E-state index in [1.165, 1.54) is 12.5 Å². The fourth-order valence-electron chi connectivity index (χ4n) is 2.64. The van der Waals surface area contributed by atoms with Crippen LogP contribution in [-0.2, 0) is 0 Å². The lowest BCUT2D eigenvalue weighted by atomic mass is 10.1. The lowest BCUT2D eigenvalue weighted by Gasteiger charge is -2.29. The van der Waals surface area contributed by atoms with E-state index < -0.39 is 0 Å². The Bertz CT molecular complexity index is 577. The number of halogens is 1. The third-order valence-corrected chi connectivity index (χ3v) is 3.52. The van der Waals surface area contributed by atoms with E-state index >= 15 is 0 Å². The van der Waals surface area contributed by atoms with E-state index in [0.29, 0.717) is 16.9 Å². The predicted molar refractivity (Wildman–Crippen MR) is 72.2 cm³/mol. The van der Waals surface area contributed by atoms with Crippen molar-refractivity contribution >= 4 is 22.3 Å². The molecule has 1 aliphatic heterocycles. The zero-order chi connectivity index (χ0) is 12.5. The SMILES string of the molecule is Nc1cc(F)c(N2CCCCC2)c2ncccc12. The van der Waals surface area contributed by atoms with Crippen molar-refractivity contribution in [3.63, 3.8) is 0 Å². The van der Waals surface area contributed by atoms with Gasteiger partial charge in [0.05, 0.1) is 11.2 Å². The molecule has 2 N–H and O–H groups in total. The minimum absolute atomic E-state index is 0.263. The van der Waals surface area contributed by atoms with Gasteiger partial charge in [0, 0.05) is 30.4 Å². The van der Waals surface area contributed by atoms with Crippen LogP contribution >= 0.6 is 0 Å². The molecular weight excluding hydrogens is 229 g/mol. The molecule has 2 aromatic rings. The van der Waals surface area contributed by atoms with Gasteiger partial charge < -0.3 is 10.6 Å². The fraction of sp³-hybridized carbons (Fsp3) is 0.357. The molecular formula is C14H16FN3. The number of fused-ring (bicyclic) bond motifs is 1. The first-order valence-corrected chi connectivity index (χ1v) is 6.35. The Balaban J connectivity index is 2.20. The van der Waals surface area contributed by atoms with E-state index in [1.807, 2.05) is 12.1 Å². The zero-order valence-electron chi connectivity index (χ0n) is 10.2. The number of hydrogen-bond donors (Lipinski definition) is 1. The molecule has 0 saturated carbocycles. The van der Waals surface area contributed by atoms with Crippen LogP contribution in [0.4, 0.5) is 15.8 Å². The molecule has 0 bridgehead atoms. The molecule has 2 heterocycles. The summed E-state index contributed by atoms with van der Waals surface area (Å²) < 4.78 is 14.2. The van der Waals surface area contributed by atoms with Crippen molar-refractivity contribution in [2.75, 3.05) is 23.7 Å². The molecule has 0 spiro atoms. The number of anilines is 2. The van der Waals surface area contributed by atoms with Gasteiger partial charge in [-0.05, 0) is 37.5 Å². The van der Waals surface area contributed by atoms with Gasteiger partial charge in [-0.3, -0.25) is 4.98 Å². The minimum Gasteiger partial charge on any atom is -0.398 e. The van der Waals surface area contributed by atoms with Crippen molar-refractivity contribution < 1.29 is 4.39 Å². The minimum atomic E-state index is -0.263. The Labute approximate surface area is 105 Å². The van der Waals surface area contributed by atoms with Gasteiger partial charge in [0.2, 0.25) is 0 Å². The molecule has 0 atom stereocenters. The molecule has 1 saturated heterocycles. The van der Waals surface area contributed by atoms with Crippen LogP contribution in [0.5, 0.6) is 0 Å². The number of benzene rings is 1. The van der Waals surface area contributed by atoms with Crippen LogP contribution in [0, 0.1) is 5.82 Å². The molecule has 1 aromatic heterocycles. The molecule has 0 unspecified atom stereocenters. The highest BCUT2D eigenvalue weighted by molar-refractivity contribution is 5.98. The lowest BCUT2D eigenvalue weighted by Crippen LogP contribution is -2.30. The summed E-state index contributed by atoms with van der Waals surface area (Å²) in [4.78, 5) is 6.41. The van der Waals surface area contributed by atoms with Crippen molar-refractivity contribution in [1.29, 1.82) is 0 Å². The maximum absolute atomic E-state index is 14.2. The Morgan fingerprint density at radius 3 is 2.78 bits per heavy atom. The van der Waals surface area contributed by atoms with Crippen LogP contribution in [0.25, 0.3) is 10.9 Å². The number of aromatic nitrogens is 1. The molecule has 1 fully saturated rings. The van der Waals surface area contributed by atoms with E-state index in [9.17, 15) is 4.39 Å². The summed E-state index contributed by atoms with van der Waals surface area (Å²) in [6.45, 7) is 1.79. The lowest BCUT2D eigenvalue weighted by molar-refractivity contribution is 0.559. The molecule has 0 aliphatic carbocycles. The molecule has 1 aromatic carbocycles. The summed E-state index contributed by atoms with van der Waals surface area (Å²) in [5.74, 6) is -0.263. The second kappa shape index (κ2) is 4.44. The highest BCUT2D eigenvalue weighted by Crippen LogP contribution is 2.33. The number of rotatable bonds is 1. The Morgan fingerprint density at radius 1 is 1.22 bits per heavy atom. The summed E-state index contributed by atoms with van der Waals surface area (Å²) in [7, 11) is 0. The zero-order valence-corrected chi connectivity index (χ0v) is 10.2. The quantitative estimate of drug-likeness (QED) is 0.785. The van der Waals surface area contributed by atoms with Gasteiger partial charge in [-0.2, -0.15) is 0 Å².